The van der Waals surface area contributed by atoms with Crippen molar-refractivity contribution in [2.45, 2.75) is 0 Å². The van der Waals surface area contributed by atoms with Crippen molar-refractivity contribution in [2.24, 2.45) is 0 Å². The second kappa shape index (κ2) is 3.22. The molecule has 2 nitrogen and oxygen atoms in total. The largest absolute Gasteiger partial charge is 0.477 e. The first kappa shape index (κ1) is 9.43. The summed E-state index contributed by atoms with van der Waals surface area (Å²) in [5.74, 6) is -1.52. The molecule has 14 heavy (non-hydrogen) atoms. The lowest BCUT2D eigenvalue weighted by Gasteiger charge is -1.93. The van der Waals surface area contributed by atoms with Gasteiger partial charge < -0.3 is 5.11 Å². The number of fused-ring (bicyclic) bond motifs is 1. The van der Waals surface area contributed by atoms with Crippen LogP contribution in [0.4, 0.5) is 4.39 Å². The highest BCUT2D eigenvalue weighted by molar-refractivity contribution is 7.21. The van der Waals surface area contributed by atoms with Gasteiger partial charge in [-0.15, -0.1) is 11.3 Å². The highest BCUT2D eigenvalue weighted by Gasteiger charge is 2.13. The number of carboxylic acid groups (broad SMARTS) is 1. The number of rotatable bonds is 1. The van der Waals surface area contributed by atoms with Gasteiger partial charge in [0, 0.05) is 5.39 Å². The number of aromatic carboxylic acids is 1. The zero-order valence-electron chi connectivity index (χ0n) is 6.75. The fourth-order valence-corrected chi connectivity index (χ4v) is 2.36. The van der Waals surface area contributed by atoms with Gasteiger partial charge in [-0.2, -0.15) is 0 Å². The first-order valence-electron chi connectivity index (χ1n) is 3.70. The Morgan fingerprint density at radius 1 is 1.50 bits per heavy atom. The summed E-state index contributed by atoms with van der Waals surface area (Å²) >= 11 is 6.77. The van der Waals surface area contributed by atoms with Gasteiger partial charge in [0.15, 0.2) is 0 Å². The van der Waals surface area contributed by atoms with E-state index in [4.69, 9.17) is 16.7 Å². The van der Waals surface area contributed by atoms with Gasteiger partial charge in [-0.25, -0.2) is 9.18 Å². The summed E-state index contributed by atoms with van der Waals surface area (Å²) in [4.78, 5) is 10.7. The maximum atomic E-state index is 13.2. The Morgan fingerprint density at radius 2 is 2.21 bits per heavy atom. The van der Waals surface area contributed by atoms with Crippen LogP contribution >= 0.6 is 22.9 Å². The summed E-state index contributed by atoms with van der Waals surface area (Å²) in [6.07, 6.45) is 0. The average molecular weight is 231 g/mol. The minimum absolute atomic E-state index is 0.0898. The maximum absolute atomic E-state index is 13.2. The lowest BCUT2D eigenvalue weighted by atomic mass is 10.2. The second-order valence-corrected chi connectivity index (χ2v) is 4.15. The molecule has 0 saturated heterocycles. The third-order valence-corrected chi connectivity index (χ3v) is 3.38. The van der Waals surface area contributed by atoms with Gasteiger partial charge in [-0.1, -0.05) is 11.6 Å². The lowest BCUT2D eigenvalue weighted by molar-refractivity contribution is 0.0702. The summed E-state index contributed by atoms with van der Waals surface area (Å²) in [5.41, 5.74) is 0. The van der Waals surface area contributed by atoms with Gasteiger partial charge in [-0.05, 0) is 18.2 Å². The fraction of sp³-hybridized carbons (Fsp3) is 0. The molecule has 0 spiro atoms. The molecule has 0 aliphatic carbocycles. The van der Waals surface area contributed by atoms with Gasteiger partial charge in [-0.3, -0.25) is 0 Å². The van der Waals surface area contributed by atoms with E-state index in [2.05, 4.69) is 0 Å². The lowest BCUT2D eigenvalue weighted by Crippen LogP contribution is -1.89. The van der Waals surface area contributed by atoms with Crippen molar-refractivity contribution in [3.63, 3.8) is 0 Å². The van der Waals surface area contributed by atoms with E-state index < -0.39 is 11.8 Å². The third-order valence-electron chi connectivity index (χ3n) is 1.79. The number of hydrogen-bond donors (Lipinski definition) is 1. The molecular formula is C9H4ClFO2S. The van der Waals surface area contributed by atoms with Crippen LogP contribution in [0.2, 0.25) is 5.02 Å². The smallest absolute Gasteiger partial charge is 0.345 e. The van der Waals surface area contributed by atoms with Crippen molar-refractivity contribution in [2.75, 3.05) is 0 Å². The van der Waals surface area contributed by atoms with Crippen LogP contribution in [0, 0.1) is 5.82 Å². The van der Waals surface area contributed by atoms with Crippen LogP contribution in [-0.2, 0) is 0 Å². The van der Waals surface area contributed by atoms with E-state index in [-0.39, 0.29) is 10.3 Å². The number of benzene rings is 1. The standard InChI is InChI=1S/C9H4ClFO2S/c10-5-1-2-6(11)4-3-7(9(12)13)14-8(4)5/h1-3H,(H,12,13). The first-order valence-corrected chi connectivity index (χ1v) is 4.90. The van der Waals surface area contributed by atoms with E-state index in [1.165, 1.54) is 18.2 Å². The maximum Gasteiger partial charge on any atom is 0.345 e. The Labute approximate surface area is 87.5 Å². The average Bonchev–Trinajstić information content (AvgIpc) is 2.57. The highest BCUT2D eigenvalue weighted by Crippen LogP contribution is 2.33. The van der Waals surface area contributed by atoms with Crippen LogP contribution < -0.4 is 0 Å². The summed E-state index contributed by atoms with van der Waals surface area (Å²) in [6, 6.07) is 3.94. The highest BCUT2D eigenvalue weighted by atomic mass is 35.5. The zero-order valence-corrected chi connectivity index (χ0v) is 8.32. The van der Waals surface area contributed by atoms with Crippen LogP contribution in [0.15, 0.2) is 18.2 Å². The van der Waals surface area contributed by atoms with Crippen LogP contribution in [0.1, 0.15) is 9.67 Å². The molecule has 2 aromatic rings. The summed E-state index contributed by atoms with van der Waals surface area (Å²) in [6.45, 7) is 0. The van der Waals surface area contributed by atoms with E-state index in [1.54, 1.807) is 0 Å². The number of carboxylic acids is 1. The number of carbonyl (C=O) groups is 1. The van der Waals surface area contributed by atoms with Crippen LogP contribution in [0.25, 0.3) is 10.1 Å². The zero-order chi connectivity index (χ0) is 10.3. The molecule has 0 fully saturated rings. The minimum Gasteiger partial charge on any atom is -0.477 e. The fourth-order valence-electron chi connectivity index (χ4n) is 1.16. The number of hydrogen-bond acceptors (Lipinski definition) is 2. The number of thiophene rings is 1. The second-order valence-electron chi connectivity index (χ2n) is 2.69. The molecule has 2 rings (SSSR count). The van der Waals surface area contributed by atoms with Gasteiger partial charge in [0.05, 0.1) is 9.72 Å². The van der Waals surface area contributed by atoms with Crippen LogP contribution in [0.5, 0.6) is 0 Å². The SMILES string of the molecule is O=C(O)c1cc2c(F)ccc(Cl)c2s1. The van der Waals surface area contributed by atoms with Crippen LogP contribution in [0.3, 0.4) is 0 Å². The molecule has 72 valence electrons. The predicted molar refractivity (Wildman–Crippen MR) is 53.8 cm³/mol. The van der Waals surface area contributed by atoms with Crippen LogP contribution in [-0.4, -0.2) is 11.1 Å². The van der Waals surface area contributed by atoms with Crippen molar-refractivity contribution in [3.05, 3.63) is 33.9 Å². The quantitative estimate of drug-likeness (QED) is 0.815. The Bertz CT molecular complexity index is 482. The molecular weight excluding hydrogens is 227 g/mol. The van der Waals surface area contributed by atoms with E-state index in [0.717, 1.165) is 11.3 Å². The van der Waals surface area contributed by atoms with Gasteiger partial charge in [0.2, 0.25) is 0 Å². The van der Waals surface area contributed by atoms with Crippen molar-refractivity contribution in [1.82, 2.24) is 0 Å². The Hall–Kier alpha value is -1.13. The monoisotopic (exact) mass is 230 g/mol. The molecule has 1 aromatic carbocycles. The first-order chi connectivity index (χ1) is 6.59. The minimum atomic E-state index is -1.07. The van der Waals surface area contributed by atoms with E-state index in [0.29, 0.717) is 9.72 Å². The van der Waals surface area contributed by atoms with E-state index >= 15 is 0 Å². The molecule has 1 aromatic heterocycles. The van der Waals surface area contributed by atoms with Crippen molar-refractivity contribution < 1.29 is 14.3 Å². The Kier molecular flexibility index (Phi) is 2.17. The van der Waals surface area contributed by atoms with Crippen molar-refractivity contribution in [3.8, 4) is 0 Å². The Morgan fingerprint density at radius 3 is 2.79 bits per heavy atom. The molecule has 0 amide bonds. The molecule has 0 saturated carbocycles. The molecule has 0 aliphatic rings. The molecule has 5 heteroatoms. The molecule has 1 heterocycles. The van der Waals surface area contributed by atoms with Crippen molar-refractivity contribution in [1.29, 1.82) is 0 Å². The van der Waals surface area contributed by atoms with Gasteiger partial charge in [0.1, 0.15) is 10.7 Å². The molecule has 1 N–H and O–H groups in total. The van der Waals surface area contributed by atoms with E-state index in [9.17, 15) is 9.18 Å². The molecule has 0 unspecified atom stereocenters. The predicted octanol–water partition coefficient (Wildman–Crippen LogP) is 3.39. The van der Waals surface area contributed by atoms with Gasteiger partial charge >= 0.3 is 5.97 Å². The topological polar surface area (TPSA) is 37.3 Å². The molecule has 0 radical (unpaired) electrons. The normalized spacial score (nSPS) is 10.7. The third kappa shape index (κ3) is 1.36. The van der Waals surface area contributed by atoms with Crippen molar-refractivity contribution >= 4 is 39.0 Å². The summed E-state index contributed by atoms with van der Waals surface area (Å²) < 4.78 is 13.7. The summed E-state index contributed by atoms with van der Waals surface area (Å²) in [5, 5.41) is 9.35. The van der Waals surface area contributed by atoms with E-state index in [1.807, 2.05) is 0 Å². The Balaban J connectivity index is 2.82. The molecule has 0 atom stereocenters. The molecule has 0 bridgehead atoms. The van der Waals surface area contributed by atoms with Gasteiger partial charge in [0.25, 0.3) is 0 Å². The molecule has 0 aliphatic heterocycles. The summed E-state index contributed by atoms with van der Waals surface area (Å²) in [7, 11) is 0. The number of halogens is 2.